The fourth-order valence-electron chi connectivity index (χ4n) is 1.73. The smallest absolute Gasteiger partial charge is 0.379 e. The third-order valence-electron chi connectivity index (χ3n) is 2.75. The molecule has 2 aromatic rings. The lowest BCUT2D eigenvalue weighted by atomic mass is 10.1. The summed E-state index contributed by atoms with van der Waals surface area (Å²) in [7, 11) is 0. The van der Waals surface area contributed by atoms with Crippen LogP contribution in [0.25, 0.3) is 0 Å². The zero-order chi connectivity index (χ0) is 15.6. The van der Waals surface area contributed by atoms with Crippen molar-refractivity contribution in [2.24, 2.45) is 0 Å². The SMILES string of the molecule is Fc1cc(Cl)ccc1NCc1ccc(F)c(C(F)(F)F)c1. The summed E-state index contributed by atoms with van der Waals surface area (Å²) in [6, 6.07) is 6.51. The van der Waals surface area contributed by atoms with Crippen LogP contribution >= 0.6 is 11.6 Å². The number of alkyl halides is 3. The molecular formula is C14H9ClF5N. The lowest BCUT2D eigenvalue weighted by molar-refractivity contribution is -0.140. The van der Waals surface area contributed by atoms with Gasteiger partial charge in [-0.25, -0.2) is 8.78 Å². The number of halogens is 6. The molecule has 0 bridgehead atoms. The predicted octanol–water partition coefficient (Wildman–Crippen LogP) is 5.25. The molecule has 0 saturated heterocycles. The van der Waals surface area contributed by atoms with Crippen LogP contribution in [0.4, 0.5) is 27.6 Å². The third kappa shape index (κ3) is 3.85. The van der Waals surface area contributed by atoms with E-state index in [9.17, 15) is 22.0 Å². The Kier molecular flexibility index (Phi) is 4.37. The summed E-state index contributed by atoms with van der Waals surface area (Å²) >= 11 is 5.59. The minimum absolute atomic E-state index is 0.0814. The van der Waals surface area contributed by atoms with Crippen LogP contribution in [0, 0.1) is 11.6 Å². The molecule has 1 nitrogen and oxygen atoms in total. The zero-order valence-corrected chi connectivity index (χ0v) is 11.2. The van der Waals surface area contributed by atoms with Gasteiger partial charge in [-0.3, -0.25) is 0 Å². The summed E-state index contributed by atoms with van der Waals surface area (Å²) in [6.07, 6.45) is -4.77. The maximum atomic E-state index is 13.5. The summed E-state index contributed by atoms with van der Waals surface area (Å²) in [4.78, 5) is 0. The van der Waals surface area contributed by atoms with Crippen LogP contribution in [0.1, 0.15) is 11.1 Å². The van der Waals surface area contributed by atoms with Crippen LogP contribution in [0.5, 0.6) is 0 Å². The van der Waals surface area contributed by atoms with Crippen molar-refractivity contribution in [2.45, 2.75) is 12.7 Å². The molecule has 0 spiro atoms. The van der Waals surface area contributed by atoms with Crippen molar-refractivity contribution in [2.75, 3.05) is 5.32 Å². The van der Waals surface area contributed by atoms with Gasteiger partial charge in [-0.05, 0) is 35.9 Å². The summed E-state index contributed by atoms with van der Waals surface area (Å²) in [5.41, 5.74) is -1.08. The van der Waals surface area contributed by atoms with Crippen LogP contribution in [-0.2, 0) is 12.7 Å². The van der Waals surface area contributed by atoms with E-state index in [0.29, 0.717) is 6.07 Å². The average molecular weight is 322 g/mol. The molecule has 0 aliphatic rings. The highest BCUT2D eigenvalue weighted by Gasteiger charge is 2.34. The molecule has 0 aliphatic carbocycles. The highest BCUT2D eigenvalue weighted by molar-refractivity contribution is 6.30. The Balaban J connectivity index is 2.17. The molecule has 0 heterocycles. The lowest BCUT2D eigenvalue weighted by Crippen LogP contribution is -2.10. The van der Waals surface area contributed by atoms with Crippen molar-refractivity contribution in [3.05, 3.63) is 64.2 Å². The number of nitrogens with one attached hydrogen (secondary N) is 1. The van der Waals surface area contributed by atoms with Crippen molar-refractivity contribution in [3.63, 3.8) is 0 Å². The van der Waals surface area contributed by atoms with Gasteiger partial charge in [0.2, 0.25) is 0 Å². The van der Waals surface area contributed by atoms with E-state index in [0.717, 1.165) is 12.1 Å². The second-order valence-corrected chi connectivity index (χ2v) is 4.73. The van der Waals surface area contributed by atoms with Gasteiger partial charge < -0.3 is 5.32 Å². The van der Waals surface area contributed by atoms with Crippen LogP contribution < -0.4 is 5.32 Å². The average Bonchev–Trinajstić information content (AvgIpc) is 2.38. The molecule has 0 aliphatic heterocycles. The standard InChI is InChI=1S/C14H9ClF5N/c15-9-2-4-13(12(17)6-9)21-7-8-1-3-11(16)10(5-8)14(18,19)20/h1-6,21H,7H2. The van der Waals surface area contributed by atoms with E-state index < -0.39 is 23.4 Å². The Morgan fingerprint density at radius 1 is 0.952 bits per heavy atom. The van der Waals surface area contributed by atoms with E-state index in [1.165, 1.54) is 18.2 Å². The maximum absolute atomic E-state index is 13.5. The Hall–Kier alpha value is -1.82. The Bertz CT molecular complexity index is 654. The number of anilines is 1. The molecule has 0 fully saturated rings. The normalized spacial score (nSPS) is 11.5. The third-order valence-corrected chi connectivity index (χ3v) is 2.99. The second-order valence-electron chi connectivity index (χ2n) is 4.29. The van der Waals surface area contributed by atoms with E-state index in [2.05, 4.69) is 5.32 Å². The van der Waals surface area contributed by atoms with Crippen LogP contribution in [-0.4, -0.2) is 0 Å². The van der Waals surface area contributed by atoms with Crippen molar-refractivity contribution >= 4 is 17.3 Å². The molecule has 0 amide bonds. The highest BCUT2D eigenvalue weighted by Crippen LogP contribution is 2.32. The molecular weight excluding hydrogens is 313 g/mol. The molecule has 0 aromatic heterocycles. The highest BCUT2D eigenvalue weighted by atomic mass is 35.5. The molecule has 0 unspecified atom stereocenters. The van der Waals surface area contributed by atoms with Crippen LogP contribution in [0.15, 0.2) is 36.4 Å². The topological polar surface area (TPSA) is 12.0 Å². The van der Waals surface area contributed by atoms with E-state index in [1.54, 1.807) is 0 Å². The first-order chi connectivity index (χ1) is 9.77. The van der Waals surface area contributed by atoms with Crippen LogP contribution in [0.2, 0.25) is 5.02 Å². The van der Waals surface area contributed by atoms with Gasteiger partial charge in [0.15, 0.2) is 0 Å². The molecule has 2 aromatic carbocycles. The van der Waals surface area contributed by atoms with Gasteiger partial charge in [0.25, 0.3) is 0 Å². The van der Waals surface area contributed by atoms with E-state index in [-0.39, 0.29) is 22.8 Å². The number of rotatable bonds is 3. The van der Waals surface area contributed by atoms with E-state index in [4.69, 9.17) is 11.6 Å². The largest absolute Gasteiger partial charge is 0.419 e. The maximum Gasteiger partial charge on any atom is 0.419 e. The van der Waals surface area contributed by atoms with Crippen molar-refractivity contribution < 1.29 is 22.0 Å². The summed E-state index contributed by atoms with van der Waals surface area (Å²) < 4.78 is 64.3. The Labute approximate surface area is 122 Å². The number of hydrogen-bond donors (Lipinski definition) is 1. The number of hydrogen-bond acceptors (Lipinski definition) is 1. The lowest BCUT2D eigenvalue weighted by Gasteiger charge is -2.12. The molecule has 112 valence electrons. The first-order valence-corrected chi connectivity index (χ1v) is 6.20. The van der Waals surface area contributed by atoms with Gasteiger partial charge >= 0.3 is 6.18 Å². The predicted molar refractivity (Wildman–Crippen MR) is 70.1 cm³/mol. The summed E-state index contributed by atoms with van der Waals surface area (Å²) in [6.45, 7) is -0.0814. The summed E-state index contributed by atoms with van der Waals surface area (Å²) in [5, 5.41) is 2.84. The Morgan fingerprint density at radius 3 is 2.29 bits per heavy atom. The van der Waals surface area contributed by atoms with Gasteiger partial charge in [0.05, 0.1) is 11.3 Å². The van der Waals surface area contributed by atoms with Crippen LogP contribution in [0.3, 0.4) is 0 Å². The molecule has 2 rings (SSSR count). The molecule has 0 radical (unpaired) electrons. The quantitative estimate of drug-likeness (QED) is 0.761. The molecule has 7 heteroatoms. The van der Waals surface area contributed by atoms with Gasteiger partial charge in [0, 0.05) is 11.6 Å². The molecule has 0 saturated carbocycles. The van der Waals surface area contributed by atoms with Crippen molar-refractivity contribution in [1.29, 1.82) is 0 Å². The second kappa shape index (κ2) is 5.89. The monoisotopic (exact) mass is 321 g/mol. The minimum atomic E-state index is -4.77. The molecule has 0 atom stereocenters. The first kappa shape index (κ1) is 15.6. The fourth-order valence-corrected chi connectivity index (χ4v) is 1.89. The summed E-state index contributed by atoms with van der Waals surface area (Å²) in [5.74, 6) is -1.97. The van der Waals surface area contributed by atoms with E-state index in [1.807, 2.05) is 0 Å². The van der Waals surface area contributed by atoms with Gasteiger partial charge in [-0.15, -0.1) is 0 Å². The first-order valence-electron chi connectivity index (χ1n) is 5.82. The van der Waals surface area contributed by atoms with Gasteiger partial charge in [-0.2, -0.15) is 13.2 Å². The van der Waals surface area contributed by atoms with Gasteiger partial charge in [0.1, 0.15) is 11.6 Å². The molecule has 1 N–H and O–H groups in total. The number of benzene rings is 2. The molecule has 21 heavy (non-hydrogen) atoms. The minimum Gasteiger partial charge on any atom is -0.379 e. The van der Waals surface area contributed by atoms with Gasteiger partial charge in [-0.1, -0.05) is 17.7 Å². The fraction of sp³-hybridized carbons (Fsp3) is 0.143. The van der Waals surface area contributed by atoms with Crippen molar-refractivity contribution in [1.82, 2.24) is 0 Å². The van der Waals surface area contributed by atoms with Crippen molar-refractivity contribution in [3.8, 4) is 0 Å². The van der Waals surface area contributed by atoms with E-state index >= 15 is 0 Å². The zero-order valence-electron chi connectivity index (χ0n) is 10.4. The Morgan fingerprint density at radius 2 is 1.67 bits per heavy atom.